The van der Waals surface area contributed by atoms with E-state index in [2.05, 4.69) is 5.10 Å². The van der Waals surface area contributed by atoms with Gasteiger partial charge in [0, 0.05) is 13.5 Å². The van der Waals surface area contributed by atoms with E-state index in [4.69, 9.17) is 4.74 Å². The van der Waals surface area contributed by atoms with E-state index in [0.717, 1.165) is 12.0 Å². The van der Waals surface area contributed by atoms with E-state index in [1.54, 1.807) is 25.0 Å². The number of methoxy groups -OCH3 is 1. The number of hydrogen-bond acceptors (Lipinski definition) is 3. The van der Waals surface area contributed by atoms with Crippen molar-refractivity contribution < 1.29 is 9.53 Å². The summed E-state index contributed by atoms with van der Waals surface area (Å²) in [7, 11) is 3.34. The highest BCUT2D eigenvalue weighted by Gasteiger charge is 2.06. The maximum atomic E-state index is 10.2. The molecule has 0 amide bonds. The average Bonchev–Trinajstić information content (AvgIpc) is 2.34. The summed E-state index contributed by atoms with van der Waals surface area (Å²) in [5, 5.41) is 3.94. The maximum Gasteiger partial charge on any atom is 0.160 e. The number of rotatable bonds is 3. The molecule has 0 aliphatic heterocycles. The third-order valence-corrected chi connectivity index (χ3v) is 1.52. The van der Waals surface area contributed by atoms with Crippen molar-refractivity contribution in [3.8, 4) is 5.75 Å². The first-order valence-electron chi connectivity index (χ1n) is 3.28. The van der Waals surface area contributed by atoms with Crippen molar-refractivity contribution in [1.29, 1.82) is 0 Å². The van der Waals surface area contributed by atoms with Crippen molar-refractivity contribution in [1.82, 2.24) is 9.78 Å². The van der Waals surface area contributed by atoms with E-state index < -0.39 is 0 Å². The highest BCUT2D eigenvalue weighted by molar-refractivity contribution is 5.55. The molecule has 4 nitrogen and oxygen atoms in total. The second-order valence-corrected chi connectivity index (χ2v) is 2.15. The Balaban J connectivity index is 2.96. The summed E-state index contributed by atoms with van der Waals surface area (Å²) in [5.74, 6) is 0.666. The number of nitrogens with zero attached hydrogens (tertiary/aromatic N) is 2. The van der Waals surface area contributed by atoms with Crippen molar-refractivity contribution in [3.05, 3.63) is 11.9 Å². The summed E-state index contributed by atoms with van der Waals surface area (Å²) in [6, 6.07) is 0. The molecule has 1 aromatic rings. The first-order valence-corrected chi connectivity index (χ1v) is 3.28. The molecule has 0 bridgehead atoms. The van der Waals surface area contributed by atoms with Crippen molar-refractivity contribution in [2.75, 3.05) is 7.11 Å². The average molecular weight is 154 g/mol. The Morgan fingerprint density at radius 1 is 1.82 bits per heavy atom. The highest BCUT2D eigenvalue weighted by Crippen LogP contribution is 2.15. The van der Waals surface area contributed by atoms with Crippen LogP contribution in [-0.4, -0.2) is 23.2 Å². The minimum atomic E-state index is 0.347. The van der Waals surface area contributed by atoms with Crippen LogP contribution in [0.2, 0.25) is 0 Å². The van der Waals surface area contributed by atoms with Crippen LogP contribution < -0.4 is 4.74 Å². The topological polar surface area (TPSA) is 44.1 Å². The predicted octanol–water partition coefficient (Wildman–Crippen LogP) is 0.170. The van der Waals surface area contributed by atoms with Crippen LogP contribution in [-0.2, 0) is 18.3 Å². The van der Waals surface area contributed by atoms with Gasteiger partial charge in [0.25, 0.3) is 0 Å². The van der Waals surface area contributed by atoms with Crippen LogP contribution in [0.25, 0.3) is 0 Å². The summed E-state index contributed by atoms with van der Waals surface area (Å²) >= 11 is 0. The fourth-order valence-corrected chi connectivity index (χ4v) is 0.925. The van der Waals surface area contributed by atoms with Crippen molar-refractivity contribution in [2.45, 2.75) is 6.42 Å². The van der Waals surface area contributed by atoms with Gasteiger partial charge in [-0.15, -0.1) is 0 Å². The minimum absolute atomic E-state index is 0.347. The van der Waals surface area contributed by atoms with Crippen LogP contribution >= 0.6 is 0 Å². The summed E-state index contributed by atoms with van der Waals surface area (Å²) in [6.45, 7) is 0. The Morgan fingerprint density at radius 3 is 3.09 bits per heavy atom. The predicted molar refractivity (Wildman–Crippen MR) is 39.5 cm³/mol. The van der Waals surface area contributed by atoms with Gasteiger partial charge in [-0.05, 0) is 0 Å². The fraction of sp³-hybridized carbons (Fsp3) is 0.429. The quantitative estimate of drug-likeness (QED) is 0.583. The summed E-state index contributed by atoms with van der Waals surface area (Å²) in [4.78, 5) is 10.2. The van der Waals surface area contributed by atoms with Crippen LogP contribution in [0.1, 0.15) is 5.69 Å². The first kappa shape index (κ1) is 7.78. The standard InChI is InChI=1S/C7H10N2O2/c1-9-6(3-4-10)7(11-2)5-8-9/h4-5H,3H2,1-2H3. The van der Waals surface area contributed by atoms with Gasteiger partial charge in [-0.25, -0.2) is 0 Å². The van der Waals surface area contributed by atoms with E-state index >= 15 is 0 Å². The van der Waals surface area contributed by atoms with Gasteiger partial charge in [0.2, 0.25) is 0 Å². The van der Waals surface area contributed by atoms with E-state index in [0.29, 0.717) is 12.2 Å². The SMILES string of the molecule is COc1cnn(C)c1CC=O. The molecule has 0 N–H and O–H groups in total. The highest BCUT2D eigenvalue weighted by atomic mass is 16.5. The molecule has 0 fully saturated rings. The summed E-state index contributed by atoms with van der Waals surface area (Å²) < 4.78 is 6.61. The molecule has 0 aliphatic carbocycles. The zero-order valence-corrected chi connectivity index (χ0v) is 6.57. The van der Waals surface area contributed by atoms with E-state index in [9.17, 15) is 4.79 Å². The Kier molecular flexibility index (Phi) is 2.25. The molecular weight excluding hydrogens is 144 g/mol. The second kappa shape index (κ2) is 3.18. The van der Waals surface area contributed by atoms with Crippen LogP contribution in [0.4, 0.5) is 0 Å². The van der Waals surface area contributed by atoms with Gasteiger partial charge in [0.15, 0.2) is 5.75 Å². The monoisotopic (exact) mass is 154 g/mol. The Morgan fingerprint density at radius 2 is 2.55 bits per heavy atom. The van der Waals surface area contributed by atoms with Gasteiger partial charge in [-0.2, -0.15) is 5.10 Å². The number of aldehydes is 1. The normalized spacial score (nSPS) is 9.64. The maximum absolute atomic E-state index is 10.2. The zero-order valence-electron chi connectivity index (χ0n) is 6.57. The molecule has 0 radical (unpaired) electrons. The van der Waals surface area contributed by atoms with Gasteiger partial charge in [-0.3, -0.25) is 4.68 Å². The smallest absolute Gasteiger partial charge is 0.160 e. The van der Waals surface area contributed by atoms with Gasteiger partial charge >= 0.3 is 0 Å². The van der Waals surface area contributed by atoms with Gasteiger partial charge < -0.3 is 9.53 Å². The van der Waals surface area contributed by atoms with Crippen LogP contribution in [0, 0.1) is 0 Å². The van der Waals surface area contributed by atoms with Crippen molar-refractivity contribution in [3.63, 3.8) is 0 Å². The number of ether oxygens (including phenoxy) is 1. The molecule has 0 aliphatic rings. The molecule has 1 heterocycles. The Labute approximate surface area is 64.8 Å². The first-order chi connectivity index (χ1) is 5.29. The number of carbonyl (C=O) groups is 1. The summed E-state index contributed by atoms with van der Waals surface area (Å²) in [6.07, 6.45) is 2.78. The molecule has 0 saturated heterocycles. The van der Waals surface area contributed by atoms with E-state index in [1.165, 1.54) is 0 Å². The van der Waals surface area contributed by atoms with E-state index in [1.807, 2.05) is 0 Å². The zero-order chi connectivity index (χ0) is 8.27. The molecule has 1 rings (SSSR count). The third-order valence-electron chi connectivity index (χ3n) is 1.52. The largest absolute Gasteiger partial charge is 0.493 e. The lowest BCUT2D eigenvalue weighted by Gasteiger charge is -1.99. The lowest BCUT2D eigenvalue weighted by atomic mass is 10.3. The van der Waals surface area contributed by atoms with Crippen molar-refractivity contribution in [2.24, 2.45) is 7.05 Å². The molecular formula is C7H10N2O2. The minimum Gasteiger partial charge on any atom is -0.493 e. The number of aromatic nitrogens is 2. The molecule has 0 unspecified atom stereocenters. The van der Waals surface area contributed by atoms with Crippen molar-refractivity contribution >= 4 is 6.29 Å². The lowest BCUT2D eigenvalue weighted by molar-refractivity contribution is -0.107. The second-order valence-electron chi connectivity index (χ2n) is 2.15. The van der Waals surface area contributed by atoms with E-state index in [-0.39, 0.29) is 0 Å². The molecule has 0 saturated carbocycles. The number of hydrogen-bond donors (Lipinski definition) is 0. The van der Waals surface area contributed by atoms with Gasteiger partial charge in [0.1, 0.15) is 6.29 Å². The molecule has 0 atom stereocenters. The molecule has 0 spiro atoms. The molecule has 0 aromatic carbocycles. The van der Waals surface area contributed by atoms with Crippen LogP contribution in [0.3, 0.4) is 0 Å². The molecule has 11 heavy (non-hydrogen) atoms. The van der Waals surface area contributed by atoms with Gasteiger partial charge in [-0.1, -0.05) is 0 Å². The lowest BCUT2D eigenvalue weighted by Crippen LogP contribution is -2.00. The van der Waals surface area contributed by atoms with Crippen LogP contribution in [0.15, 0.2) is 6.20 Å². The van der Waals surface area contributed by atoms with Crippen LogP contribution in [0.5, 0.6) is 5.75 Å². The fourth-order valence-electron chi connectivity index (χ4n) is 0.925. The Hall–Kier alpha value is -1.32. The van der Waals surface area contributed by atoms with Gasteiger partial charge in [0.05, 0.1) is 19.0 Å². The molecule has 60 valence electrons. The number of aryl methyl sites for hydroxylation is 1. The third kappa shape index (κ3) is 1.39. The number of carbonyl (C=O) groups excluding carboxylic acids is 1. The Bertz CT molecular complexity index is 255. The summed E-state index contributed by atoms with van der Waals surface area (Å²) in [5.41, 5.74) is 0.808. The molecule has 4 heteroatoms. The molecule has 1 aromatic heterocycles.